The Hall–Kier alpha value is -3.04. The lowest BCUT2D eigenvalue weighted by atomic mass is 10.1. The first kappa shape index (κ1) is 21.7. The molecule has 13 nitrogen and oxygen atoms in total. The molecule has 0 radical (unpaired) electrons. The molecule has 2 amide bonds. The SMILES string of the molecule is COc1nc(NC(=O)NS(=O)(=O)c2cccc3c2S(=O)(=O)N(C)CC3)nc(OC)n1. The van der Waals surface area contributed by atoms with E-state index in [0.717, 1.165) is 10.4 Å². The molecular weight excluding hydrogens is 440 g/mol. The third-order valence-corrected chi connectivity index (χ3v) is 7.63. The van der Waals surface area contributed by atoms with Gasteiger partial charge in [0, 0.05) is 13.6 Å². The van der Waals surface area contributed by atoms with Crippen molar-refractivity contribution in [3.05, 3.63) is 23.8 Å². The van der Waals surface area contributed by atoms with Gasteiger partial charge < -0.3 is 9.47 Å². The molecule has 1 aromatic heterocycles. The summed E-state index contributed by atoms with van der Waals surface area (Å²) in [6.07, 6.45) is 0.338. The highest BCUT2D eigenvalue weighted by molar-refractivity contribution is 7.92. The number of amides is 2. The number of aromatic nitrogens is 3. The molecule has 0 unspecified atom stereocenters. The van der Waals surface area contributed by atoms with Crippen molar-refractivity contribution in [2.75, 3.05) is 33.1 Å². The predicted molar refractivity (Wildman–Crippen MR) is 102 cm³/mol. The number of sulfonamides is 2. The highest BCUT2D eigenvalue weighted by Gasteiger charge is 2.35. The monoisotopic (exact) mass is 458 g/mol. The lowest BCUT2D eigenvalue weighted by Crippen LogP contribution is -2.39. The van der Waals surface area contributed by atoms with E-state index >= 15 is 0 Å². The maximum absolute atomic E-state index is 12.8. The van der Waals surface area contributed by atoms with Gasteiger partial charge in [-0.25, -0.2) is 30.7 Å². The zero-order chi connectivity index (χ0) is 22.1. The van der Waals surface area contributed by atoms with E-state index in [4.69, 9.17) is 9.47 Å². The van der Waals surface area contributed by atoms with Crippen molar-refractivity contribution in [3.63, 3.8) is 0 Å². The van der Waals surface area contributed by atoms with Crippen LogP contribution < -0.4 is 19.5 Å². The summed E-state index contributed by atoms with van der Waals surface area (Å²) in [6.45, 7) is 0.218. The van der Waals surface area contributed by atoms with Crippen molar-refractivity contribution < 1.29 is 31.1 Å². The molecule has 1 aromatic carbocycles. The zero-order valence-electron chi connectivity index (χ0n) is 16.1. The molecule has 0 saturated heterocycles. The Morgan fingerprint density at radius 1 is 1.13 bits per heavy atom. The number of likely N-dealkylation sites (N-methyl/N-ethyl adjacent to an activating group) is 1. The zero-order valence-corrected chi connectivity index (χ0v) is 17.7. The molecule has 0 aliphatic carbocycles. The fourth-order valence-corrected chi connectivity index (χ4v) is 5.85. The first-order valence-corrected chi connectivity index (χ1v) is 11.3. The Balaban J connectivity index is 1.91. The minimum Gasteiger partial charge on any atom is -0.467 e. The second-order valence-electron chi connectivity index (χ2n) is 6.01. The molecular formula is C15H18N6O7S2. The Morgan fingerprint density at radius 2 is 1.77 bits per heavy atom. The minimum absolute atomic E-state index is 0.175. The number of nitrogens with zero attached hydrogens (tertiary/aromatic N) is 4. The average molecular weight is 458 g/mol. The fourth-order valence-electron chi connectivity index (χ4n) is 2.70. The number of urea groups is 1. The summed E-state index contributed by atoms with van der Waals surface area (Å²) in [5.41, 5.74) is 0.350. The molecule has 2 N–H and O–H groups in total. The van der Waals surface area contributed by atoms with Gasteiger partial charge in [0.1, 0.15) is 9.79 Å². The van der Waals surface area contributed by atoms with Crippen molar-refractivity contribution in [1.29, 1.82) is 0 Å². The summed E-state index contributed by atoms with van der Waals surface area (Å²) >= 11 is 0. The first-order valence-electron chi connectivity index (χ1n) is 8.34. The predicted octanol–water partition coefficient (Wildman–Crippen LogP) is -0.424. The largest absolute Gasteiger partial charge is 0.467 e. The Morgan fingerprint density at radius 3 is 2.37 bits per heavy atom. The number of methoxy groups -OCH3 is 2. The summed E-state index contributed by atoms with van der Waals surface area (Å²) in [7, 11) is -4.67. The van der Waals surface area contributed by atoms with Crippen molar-refractivity contribution in [2.24, 2.45) is 0 Å². The molecule has 162 valence electrons. The van der Waals surface area contributed by atoms with Crippen LogP contribution in [0.4, 0.5) is 10.7 Å². The van der Waals surface area contributed by atoms with Gasteiger partial charge in [0.05, 0.1) is 14.2 Å². The van der Waals surface area contributed by atoms with Crippen LogP contribution in [0.25, 0.3) is 0 Å². The summed E-state index contributed by atoms with van der Waals surface area (Å²) < 4.78 is 63.4. The molecule has 3 rings (SSSR count). The van der Waals surface area contributed by atoms with Crippen molar-refractivity contribution in [3.8, 4) is 12.0 Å². The quantitative estimate of drug-likeness (QED) is 0.599. The molecule has 15 heteroatoms. The topological polar surface area (TPSA) is 170 Å². The van der Waals surface area contributed by atoms with E-state index < -0.39 is 31.0 Å². The molecule has 30 heavy (non-hydrogen) atoms. The second kappa shape index (κ2) is 8.00. The number of hydrogen-bond acceptors (Lipinski definition) is 10. The molecule has 0 atom stereocenters. The van der Waals surface area contributed by atoms with E-state index in [-0.39, 0.29) is 29.4 Å². The van der Waals surface area contributed by atoms with Gasteiger partial charge in [-0.3, -0.25) is 5.32 Å². The second-order valence-corrected chi connectivity index (χ2v) is 9.65. The van der Waals surface area contributed by atoms with Gasteiger partial charge in [0.25, 0.3) is 10.0 Å². The summed E-state index contributed by atoms with van der Waals surface area (Å²) in [6, 6.07) is 2.48. The third kappa shape index (κ3) is 4.12. The van der Waals surface area contributed by atoms with Crippen LogP contribution in [-0.2, 0) is 26.5 Å². The van der Waals surface area contributed by atoms with Crippen LogP contribution in [0, 0.1) is 0 Å². The number of ether oxygens (including phenoxy) is 2. The van der Waals surface area contributed by atoms with E-state index in [2.05, 4.69) is 20.3 Å². The Kier molecular flexibility index (Phi) is 5.78. The normalized spacial score (nSPS) is 15.7. The van der Waals surface area contributed by atoms with Crippen LogP contribution in [0.15, 0.2) is 28.0 Å². The van der Waals surface area contributed by atoms with Gasteiger partial charge in [-0.15, -0.1) is 4.98 Å². The third-order valence-electron chi connectivity index (χ3n) is 4.13. The van der Waals surface area contributed by atoms with Crippen LogP contribution in [-0.4, -0.2) is 69.9 Å². The molecule has 2 aromatic rings. The molecule has 2 heterocycles. The standard InChI is InChI=1S/C15H18N6O7S2/c1-21-8-7-9-5-4-6-10(11(9)30(21,25)26)29(23,24)20-13(22)16-12-17-14(27-2)19-15(18-12)28-3/h4-6H,7-8H2,1-3H3,(H2,16,17,18,19,20,22). The molecule has 0 saturated carbocycles. The summed E-state index contributed by atoms with van der Waals surface area (Å²) in [5.74, 6) is -0.339. The highest BCUT2D eigenvalue weighted by Crippen LogP contribution is 2.31. The molecule has 0 fully saturated rings. The number of carbonyl (C=O) groups is 1. The number of anilines is 1. The number of nitrogens with one attached hydrogen (secondary N) is 2. The van der Waals surface area contributed by atoms with Gasteiger partial charge in [-0.1, -0.05) is 12.1 Å². The number of benzene rings is 1. The lowest BCUT2D eigenvalue weighted by molar-refractivity contribution is 0.256. The van der Waals surface area contributed by atoms with Gasteiger partial charge >= 0.3 is 18.1 Å². The molecule has 0 bridgehead atoms. The number of hydrogen-bond donors (Lipinski definition) is 2. The Labute approximate surface area is 172 Å². The number of fused-ring (bicyclic) bond motifs is 1. The smallest absolute Gasteiger partial charge is 0.335 e. The summed E-state index contributed by atoms with van der Waals surface area (Å²) in [4.78, 5) is 22.6. The maximum Gasteiger partial charge on any atom is 0.335 e. The van der Waals surface area contributed by atoms with Crippen LogP contribution in [0.1, 0.15) is 5.56 Å². The first-order chi connectivity index (χ1) is 14.1. The van der Waals surface area contributed by atoms with E-state index in [0.29, 0.717) is 12.0 Å². The van der Waals surface area contributed by atoms with Crippen LogP contribution in [0.2, 0.25) is 0 Å². The van der Waals surface area contributed by atoms with E-state index in [1.807, 2.05) is 0 Å². The van der Waals surface area contributed by atoms with Crippen molar-refractivity contribution >= 4 is 32.0 Å². The minimum atomic E-state index is -4.55. The molecule has 1 aliphatic heterocycles. The van der Waals surface area contributed by atoms with E-state index in [1.165, 1.54) is 33.4 Å². The van der Waals surface area contributed by atoms with Crippen LogP contribution in [0.3, 0.4) is 0 Å². The maximum atomic E-state index is 12.8. The average Bonchev–Trinajstić information content (AvgIpc) is 2.69. The number of carbonyl (C=O) groups excluding carboxylic acids is 1. The van der Waals surface area contributed by atoms with Gasteiger partial charge in [0.2, 0.25) is 16.0 Å². The van der Waals surface area contributed by atoms with Crippen LogP contribution >= 0.6 is 0 Å². The lowest BCUT2D eigenvalue weighted by Gasteiger charge is -2.26. The molecule has 1 aliphatic rings. The summed E-state index contributed by atoms with van der Waals surface area (Å²) in [5, 5.41) is 2.12. The van der Waals surface area contributed by atoms with Gasteiger partial charge in [-0.05, 0) is 18.1 Å². The van der Waals surface area contributed by atoms with Crippen molar-refractivity contribution in [1.82, 2.24) is 24.0 Å². The Bertz CT molecular complexity index is 1180. The molecule has 0 spiro atoms. The van der Waals surface area contributed by atoms with E-state index in [9.17, 15) is 21.6 Å². The van der Waals surface area contributed by atoms with Crippen LogP contribution in [0.5, 0.6) is 12.0 Å². The number of rotatable bonds is 5. The van der Waals surface area contributed by atoms with Crippen molar-refractivity contribution in [2.45, 2.75) is 16.2 Å². The highest BCUT2D eigenvalue weighted by atomic mass is 32.2. The van der Waals surface area contributed by atoms with Gasteiger partial charge in [0.15, 0.2) is 0 Å². The van der Waals surface area contributed by atoms with E-state index in [1.54, 1.807) is 4.72 Å². The van der Waals surface area contributed by atoms with Gasteiger partial charge in [-0.2, -0.15) is 9.97 Å². The fraction of sp³-hybridized carbons (Fsp3) is 0.333.